The molecule has 0 aliphatic heterocycles. The number of ether oxygens (including phenoxy) is 1. The van der Waals surface area contributed by atoms with Gasteiger partial charge in [-0.05, 0) is 51.3 Å². The molecule has 0 spiro atoms. The number of rotatable bonds is 3. The quantitative estimate of drug-likeness (QED) is 0.799. The van der Waals surface area contributed by atoms with Crippen LogP contribution in [0, 0.1) is 0 Å². The van der Waals surface area contributed by atoms with Gasteiger partial charge in [0.15, 0.2) is 0 Å². The van der Waals surface area contributed by atoms with E-state index in [1.54, 1.807) is 0 Å². The van der Waals surface area contributed by atoms with Crippen LogP contribution in [0.15, 0.2) is 28.7 Å². The molecule has 22 heavy (non-hydrogen) atoms. The third-order valence-corrected chi connectivity index (χ3v) is 4.77. The Labute approximate surface area is 141 Å². The SMILES string of the molecule is CC(C)(C)OC(=O)NCC1(c2ccc(Br)cc2)CCCCC1. The van der Waals surface area contributed by atoms with E-state index in [1.807, 2.05) is 20.8 Å². The summed E-state index contributed by atoms with van der Waals surface area (Å²) in [4.78, 5) is 12.0. The highest BCUT2D eigenvalue weighted by atomic mass is 79.9. The van der Waals surface area contributed by atoms with Crippen molar-refractivity contribution in [2.45, 2.75) is 63.9 Å². The van der Waals surface area contributed by atoms with Gasteiger partial charge in [-0.3, -0.25) is 0 Å². The standard InChI is InChI=1S/C18H26BrNO2/c1-17(2,3)22-16(21)20-13-18(11-5-4-6-12-18)14-7-9-15(19)10-8-14/h7-10H,4-6,11-13H2,1-3H3,(H,20,21). The molecule has 0 unspecified atom stereocenters. The van der Waals surface area contributed by atoms with Crippen molar-refractivity contribution in [2.24, 2.45) is 0 Å². The number of alkyl carbamates (subject to hydrolysis) is 1. The van der Waals surface area contributed by atoms with Gasteiger partial charge < -0.3 is 10.1 Å². The Morgan fingerprint density at radius 3 is 2.32 bits per heavy atom. The molecule has 0 aromatic heterocycles. The van der Waals surface area contributed by atoms with Crippen LogP contribution in [0.5, 0.6) is 0 Å². The van der Waals surface area contributed by atoms with Crippen LogP contribution in [0.4, 0.5) is 4.79 Å². The van der Waals surface area contributed by atoms with Crippen LogP contribution in [0.1, 0.15) is 58.4 Å². The molecule has 0 radical (unpaired) electrons. The number of carbonyl (C=O) groups is 1. The first-order chi connectivity index (χ1) is 10.3. The first-order valence-corrected chi connectivity index (χ1v) is 8.83. The Balaban J connectivity index is 2.09. The van der Waals surface area contributed by atoms with Crippen molar-refractivity contribution in [3.63, 3.8) is 0 Å². The van der Waals surface area contributed by atoms with Gasteiger partial charge in [0, 0.05) is 16.4 Å². The number of nitrogens with one attached hydrogen (secondary N) is 1. The van der Waals surface area contributed by atoms with E-state index in [1.165, 1.54) is 24.8 Å². The maximum absolute atomic E-state index is 12.0. The molecule has 1 aromatic rings. The fourth-order valence-electron chi connectivity index (χ4n) is 3.16. The van der Waals surface area contributed by atoms with Gasteiger partial charge in [-0.15, -0.1) is 0 Å². The van der Waals surface area contributed by atoms with E-state index in [2.05, 4.69) is 45.5 Å². The molecule has 1 N–H and O–H groups in total. The molecular weight excluding hydrogens is 342 g/mol. The topological polar surface area (TPSA) is 38.3 Å². The highest BCUT2D eigenvalue weighted by Gasteiger charge is 2.34. The van der Waals surface area contributed by atoms with Crippen LogP contribution in [0.3, 0.4) is 0 Å². The summed E-state index contributed by atoms with van der Waals surface area (Å²) in [6.07, 6.45) is 5.62. The van der Waals surface area contributed by atoms with Crippen LogP contribution in [0.25, 0.3) is 0 Å². The van der Waals surface area contributed by atoms with Gasteiger partial charge in [0.25, 0.3) is 0 Å². The predicted octanol–water partition coefficient (Wildman–Crippen LogP) is 5.18. The average Bonchev–Trinajstić information content (AvgIpc) is 2.45. The predicted molar refractivity (Wildman–Crippen MR) is 93.1 cm³/mol. The van der Waals surface area contributed by atoms with Crippen molar-refractivity contribution in [3.05, 3.63) is 34.3 Å². The molecule has 1 saturated carbocycles. The number of carbonyl (C=O) groups excluding carboxylic acids is 1. The molecular formula is C18H26BrNO2. The van der Waals surface area contributed by atoms with Crippen molar-refractivity contribution < 1.29 is 9.53 Å². The van der Waals surface area contributed by atoms with Crippen molar-refractivity contribution >= 4 is 22.0 Å². The van der Waals surface area contributed by atoms with Crippen molar-refractivity contribution in [2.75, 3.05) is 6.54 Å². The molecule has 1 aromatic carbocycles. The van der Waals surface area contributed by atoms with E-state index in [0.717, 1.165) is 17.3 Å². The Hall–Kier alpha value is -1.03. The van der Waals surface area contributed by atoms with Crippen LogP contribution in [-0.4, -0.2) is 18.2 Å². The third kappa shape index (κ3) is 4.73. The summed E-state index contributed by atoms with van der Waals surface area (Å²) in [5, 5.41) is 2.99. The lowest BCUT2D eigenvalue weighted by Gasteiger charge is -2.38. The highest BCUT2D eigenvalue weighted by Crippen LogP contribution is 2.39. The van der Waals surface area contributed by atoms with Gasteiger partial charge in [-0.25, -0.2) is 4.79 Å². The minimum Gasteiger partial charge on any atom is -0.444 e. The number of amides is 1. The van der Waals surface area contributed by atoms with E-state index in [-0.39, 0.29) is 11.5 Å². The van der Waals surface area contributed by atoms with Crippen LogP contribution in [0.2, 0.25) is 0 Å². The lowest BCUT2D eigenvalue weighted by Crippen LogP contribution is -2.43. The number of hydrogen-bond acceptors (Lipinski definition) is 2. The summed E-state index contributed by atoms with van der Waals surface area (Å²) in [5.41, 5.74) is 0.892. The molecule has 1 aliphatic rings. The zero-order valence-corrected chi connectivity index (χ0v) is 15.3. The lowest BCUT2D eigenvalue weighted by atomic mass is 9.69. The molecule has 1 aliphatic carbocycles. The summed E-state index contributed by atoms with van der Waals surface area (Å²) in [6, 6.07) is 8.51. The normalized spacial score (nSPS) is 17.8. The lowest BCUT2D eigenvalue weighted by molar-refractivity contribution is 0.0507. The summed E-state index contributed by atoms with van der Waals surface area (Å²) in [7, 11) is 0. The van der Waals surface area contributed by atoms with Crippen molar-refractivity contribution in [1.29, 1.82) is 0 Å². The largest absolute Gasteiger partial charge is 0.444 e. The Morgan fingerprint density at radius 2 is 1.77 bits per heavy atom. The number of halogens is 1. The Morgan fingerprint density at radius 1 is 1.18 bits per heavy atom. The van der Waals surface area contributed by atoms with E-state index in [0.29, 0.717) is 6.54 Å². The van der Waals surface area contributed by atoms with Gasteiger partial charge in [-0.1, -0.05) is 47.3 Å². The smallest absolute Gasteiger partial charge is 0.407 e. The molecule has 2 rings (SSSR count). The van der Waals surface area contributed by atoms with E-state index >= 15 is 0 Å². The minimum absolute atomic E-state index is 0.0376. The highest BCUT2D eigenvalue weighted by molar-refractivity contribution is 9.10. The maximum Gasteiger partial charge on any atom is 0.407 e. The van der Waals surface area contributed by atoms with E-state index in [9.17, 15) is 4.79 Å². The van der Waals surface area contributed by atoms with Gasteiger partial charge in [0.05, 0.1) is 0 Å². The van der Waals surface area contributed by atoms with Crippen LogP contribution in [-0.2, 0) is 10.2 Å². The average molecular weight is 368 g/mol. The number of hydrogen-bond donors (Lipinski definition) is 1. The molecule has 0 bridgehead atoms. The molecule has 1 fully saturated rings. The van der Waals surface area contributed by atoms with Gasteiger partial charge >= 0.3 is 6.09 Å². The van der Waals surface area contributed by atoms with Gasteiger partial charge in [0.1, 0.15) is 5.60 Å². The zero-order chi connectivity index (χ0) is 16.2. The second-order valence-electron chi connectivity index (χ2n) is 7.20. The zero-order valence-electron chi connectivity index (χ0n) is 13.7. The molecule has 4 heteroatoms. The van der Waals surface area contributed by atoms with Gasteiger partial charge in [0.2, 0.25) is 0 Å². The Bertz CT molecular complexity index is 499. The summed E-state index contributed by atoms with van der Waals surface area (Å²) in [5.74, 6) is 0. The molecule has 0 atom stereocenters. The van der Waals surface area contributed by atoms with Crippen LogP contribution < -0.4 is 5.32 Å². The van der Waals surface area contributed by atoms with Gasteiger partial charge in [-0.2, -0.15) is 0 Å². The fraction of sp³-hybridized carbons (Fsp3) is 0.611. The first-order valence-electron chi connectivity index (χ1n) is 8.04. The van der Waals surface area contributed by atoms with Crippen molar-refractivity contribution in [1.82, 2.24) is 5.32 Å². The summed E-state index contributed by atoms with van der Waals surface area (Å²) >= 11 is 3.49. The van der Waals surface area contributed by atoms with E-state index < -0.39 is 5.60 Å². The second kappa shape index (κ2) is 7.03. The number of benzene rings is 1. The van der Waals surface area contributed by atoms with Crippen molar-refractivity contribution in [3.8, 4) is 0 Å². The second-order valence-corrected chi connectivity index (χ2v) is 8.12. The molecule has 0 saturated heterocycles. The summed E-state index contributed by atoms with van der Waals surface area (Å²) < 4.78 is 6.46. The monoisotopic (exact) mass is 367 g/mol. The fourth-order valence-corrected chi connectivity index (χ4v) is 3.42. The third-order valence-electron chi connectivity index (χ3n) is 4.24. The molecule has 0 heterocycles. The summed E-state index contributed by atoms with van der Waals surface area (Å²) in [6.45, 7) is 6.30. The Kier molecular flexibility index (Phi) is 5.54. The van der Waals surface area contributed by atoms with E-state index in [4.69, 9.17) is 4.74 Å². The molecule has 1 amide bonds. The maximum atomic E-state index is 12.0. The van der Waals surface area contributed by atoms with Crippen LogP contribution >= 0.6 is 15.9 Å². The molecule has 122 valence electrons. The molecule has 3 nitrogen and oxygen atoms in total. The first kappa shape index (κ1) is 17.3. The minimum atomic E-state index is -0.457.